The van der Waals surface area contributed by atoms with Crippen molar-refractivity contribution in [1.82, 2.24) is 34.6 Å². The Bertz CT molecular complexity index is 2160. The van der Waals surface area contributed by atoms with Crippen molar-refractivity contribution in [1.29, 1.82) is 0 Å². The molecule has 0 unspecified atom stereocenters. The number of fused-ring (bicyclic) bond motifs is 2. The van der Waals surface area contributed by atoms with Crippen LogP contribution >= 0.6 is 11.6 Å². The molecule has 0 spiro atoms. The molecular weight excluding hydrogens is 730 g/mol. The fraction of sp³-hybridized carbons (Fsp3) is 0.476. The second-order valence-corrected chi connectivity index (χ2v) is 16.5. The second-order valence-electron chi connectivity index (χ2n) is 16.1. The molecule has 3 aliphatic rings. The molecule has 2 N–H and O–H groups in total. The van der Waals surface area contributed by atoms with E-state index in [0.717, 1.165) is 98.5 Å². The molecule has 296 valence electrons. The van der Waals surface area contributed by atoms with Crippen LogP contribution in [0.4, 0.5) is 16.6 Å². The number of carbonyl (C=O) groups is 1. The number of amides is 2. The molecule has 2 amide bonds. The van der Waals surface area contributed by atoms with Crippen LogP contribution in [0.3, 0.4) is 0 Å². The SMILES string of the molecule is C[C@H]1CCCCN1c1nnc2ccc(O[C@@H]3CC[C@H](NC(=O)Nc4cc(C(C)(C)C)nn4-c4ccc(Cl)c(OCCN5CCOCC5)c4)c4ccccc43)cn12. The van der Waals surface area contributed by atoms with Crippen LogP contribution in [0.1, 0.15) is 88.8 Å². The Balaban J connectivity index is 0.971. The largest absolute Gasteiger partial charge is 0.491 e. The number of benzene rings is 2. The molecule has 56 heavy (non-hydrogen) atoms. The molecule has 3 atom stereocenters. The summed E-state index contributed by atoms with van der Waals surface area (Å²) in [5, 5.41) is 20.8. The molecule has 1 aliphatic carbocycles. The average molecular weight is 782 g/mol. The Labute approximate surface area is 333 Å². The van der Waals surface area contributed by atoms with E-state index >= 15 is 0 Å². The molecule has 2 aromatic carbocycles. The predicted molar refractivity (Wildman–Crippen MR) is 218 cm³/mol. The molecule has 0 radical (unpaired) electrons. The van der Waals surface area contributed by atoms with Gasteiger partial charge in [-0.1, -0.05) is 56.6 Å². The summed E-state index contributed by atoms with van der Waals surface area (Å²) in [5.41, 5.74) is 4.19. The summed E-state index contributed by atoms with van der Waals surface area (Å²) in [6.07, 6.45) is 6.79. The van der Waals surface area contributed by atoms with Gasteiger partial charge in [0.1, 0.15) is 30.0 Å². The molecule has 13 nitrogen and oxygen atoms in total. The number of hydrogen-bond acceptors (Lipinski definition) is 9. The Hall–Kier alpha value is -4.85. The molecule has 2 saturated heterocycles. The van der Waals surface area contributed by atoms with E-state index in [1.807, 2.05) is 53.1 Å². The number of ether oxygens (including phenoxy) is 3. The number of anilines is 2. The zero-order chi connectivity index (χ0) is 38.8. The minimum absolute atomic E-state index is 0.176. The highest BCUT2D eigenvalue weighted by molar-refractivity contribution is 6.32. The van der Waals surface area contributed by atoms with E-state index in [9.17, 15) is 4.79 Å². The lowest BCUT2D eigenvalue weighted by Gasteiger charge is -2.33. The summed E-state index contributed by atoms with van der Waals surface area (Å²) >= 11 is 6.59. The highest BCUT2D eigenvalue weighted by Crippen LogP contribution is 2.39. The number of halogens is 1. The Morgan fingerprint density at radius 1 is 0.964 bits per heavy atom. The van der Waals surface area contributed by atoms with Crippen LogP contribution in [0.5, 0.6) is 11.5 Å². The van der Waals surface area contributed by atoms with Crippen LogP contribution in [0.2, 0.25) is 5.02 Å². The lowest BCUT2D eigenvalue weighted by atomic mass is 9.85. The number of piperidine rings is 1. The summed E-state index contributed by atoms with van der Waals surface area (Å²) in [6, 6.07) is 19.5. The van der Waals surface area contributed by atoms with Gasteiger partial charge in [0, 0.05) is 49.8 Å². The number of hydrogen-bond donors (Lipinski definition) is 2. The van der Waals surface area contributed by atoms with Gasteiger partial charge in [-0.15, -0.1) is 10.2 Å². The number of morpholine rings is 1. The van der Waals surface area contributed by atoms with E-state index in [-0.39, 0.29) is 23.6 Å². The minimum Gasteiger partial charge on any atom is -0.491 e. The van der Waals surface area contributed by atoms with Crippen molar-refractivity contribution >= 4 is 35.0 Å². The van der Waals surface area contributed by atoms with Gasteiger partial charge < -0.3 is 24.4 Å². The maximum Gasteiger partial charge on any atom is 0.320 e. The molecule has 2 fully saturated rings. The average Bonchev–Trinajstić information content (AvgIpc) is 3.82. The smallest absolute Gasteiger partial charge is 0.320 e. The third-order valence-electron chi connectivity index (χ3n) is 11.1. The zero-order valence-electron chi connectivity index (χ0n) is 32.7. The van der Waals surface area contributed by atoms with Gasteiger partial charge >= 0.3 is 6.03 Å². The zero-order valence-corrected chi connectivity index (χ0v) is 33.5. The van der Waals surface area contributed by atoms with Crippen LogP contribution in [-0.2, 0) is 10.2 Å². The van der Waals surface area contributed by atoms with Gasteiger partial charge in [-0.2, -0.15) is 5.10 Å². The standard InChI is InChI=1S/C42H52ClN9O4/c1-28-9-7-8-18-50(28)41-47-46-38-17-13-30(27-51(38)41)56-35-16-15-34(31-10-5-6-11-32(31)35)44-40(53)45-39-26-37(42(2,3)4)48-52(39)29-12-14-33(43)36(25-29)55-24-21-49-19-22-54-23-20-49/h5-6,10-14,17,25-28,34-35H,7-9,15-16,18-24H2,1-4H3,(H2,44,45,53)/t28-,34-,35+/m0/s1. The molecule has 0 saturated carbocycles. The Morgan fingerprint density at radius 2 is 1.79 bits per heavy atom. The maximum atomic E-state index is 13.8. The lowest BCUT2D eigenvalue weighted by Crippen LogP contribution is -2.38. The first kappa shape index (κ1) is 38.0. The molecule has 0 bridgehead atoms. The summed E-state index contributed by atoms with van der Waals surface area (Å²) in [7, 11) is 0. The number of urea groups is 1. The van der Waals surface area contributed by atoms with E-state index < -0.39 is 0 Å². The van der Waals surface area contributed by atoms with Crippen molar-refractivity contribution in [3.63, 3.8) is 0 Å². The third-order valence-corrected chi connectivity index (χ3v) is 11.4. The molecule has 3 aromatic heterocycles. The second kappa shape index (κ2) is 16.3. The van der Waals surface area contributed by atoms with Gasteiger partial charge in [0.05, 0.1) is 41.9 Å². The number of aromatic nitrogens is 5. The molecule has 2 aliphatic heterocycles. The molecule has 5 aromatic rings. The van der Waals surface area contributed by atoms with E-state index in [4.69, 9.17) is 30.9 Å². The van der Waals surface area contributed by atoms with Crippen molar-refractivity contribution in [3.05, 3.63) is 88.7 Å². The van der Waals surface area contributed by atoms with Gasteiger partial charge in [0.25, 0.3) is 0 Å². The highest BCUT2D eigenvalue weighted by Gasteiger charge is 2.31. The fourth-order valence-electron chi connectivity index (χ4n) is 7.90. The normalized spacial score (nSPS) is 20.4. The van der Waals surface area contributed by atoms with Crippen LogP contribution in [0.25, 0.3) is 11.3 Å². The number of nitrogens with one attached hydrogen (secondary N) is 2. The minimum atomic E-state index is -0.320. The van der Waals surface area contributed by atoms with Crippen molar-refractivity contribution in [3.8, 4) is 17.2 Å². The van der Waals surface area contributed by atoms with Crippen LogP contribution in [-0.4, -0.2) is 87.4 Å². The van der Waals surface area contributed by atoms with E-state index in [0.29, 0.717) is 35.7 Å². The van der Waals surface area contributed by atoms with Crippen molar-refractivity contribution in [2.24, 2.45) is 0 Å². The van der Waals surface area contributed by atoms with Crippen molar-refractivity contribution in [2.45, 2.75) is 83.4 Å². The van der Waals surface area contributed by atoms with Gasteiger partial charge in [-0.25, -0.2) is 9.48 Å². The summed E-state index contributed by atoms with van der Waals surface area (Å²) in [6.45, 7) is 14.0. The third kappa shape index (κ3) is 8.30. The first-order valence-corrected chi connectivity index (χ1v) is 20.3. The first-order valence-electron chi connectivity index (χ1n) is 19.9. The topological polar surface area (TPSA) is 123 Å². The predicted octanol–water partition coefficient (Wildman–Crippen LogP) is 7.73. The fourth-order valence-corrected chi connectivity index (χ4v) is 8.07. The molecular formula is C42H52ClN9O4. The van der Waals surface area contributed by atoms with E-state index in [1.165, 1.54) is 6.42 Å². The summed E-state index contributed by atoms with van der Waals surface area (Å²) in [5.74, 6) is 2.72. The quantitative estimate of drug-likeness (QED) is 0.147. The highest BCUT2D eigenvalue weighted by atomic mass is 35.5. The van der Waals surface area contributed by atoms with Crippen LogP contribution in [0, 0.1) is 0 Å². The summed E-state index contributed by atoms with van der Waals surface area (Å²) in [4.78, 5) is 18.5. The summed E-state index contributed by atoms with van der Waals surface area (Å²) < 4.78 is 22.1. The van der Waals surface area contributed by atoms with Crippen molar-refractivity contribution in [2.75, 3.05) is 56.2 Å². The first-order chi connectivity index (χ1) is 27.1. The maximum absolute atomic E-state index is 13.8. The monoisotopic (exact) mass is 781 g/mol. The van der Waals surface area contributed by atoms with Gasteiger partial charge in [0.2, 0.25) is 5.95 Å². The molecule has 14 heteroatoms. The lowest BCUT2D eigenvalue weighted by molar-refractivity contribution is 0.0322. The van der Waals surface area contributed by atoms with E-state index in [1.54, 1.807) is 10.7 Å². The van der Waals surface area contributed by atoms with Crippen LogP contribution in [0.15, 0.2) is 66.9 Å². The van der Waals surface area contributed by atoms with Crippen molar-refractivity contribution < 1.29 is 19.0 Å². The van der Waals surface area contributed by atoms with Gasteiger partial charge in [-0.3, -0.25) is 14.6 Å². The molecule has 5 heterocycles. The Kier molecular flexibility index (Phi) is 11.1. The number of carbonyl (C=O) groups excluding carboxylic acids is 1. The van der Waals surface area contributed by atoms with Crippen LogP contribution < -0.4 is 25.0 Å². The number of nitrogens with zero attached hydrogens (tertiary/aromatic N) is 7. The van der Waals surface area contributed by atoms with Gasteiger partial charge in [-0.05, 0) is 74.4 Å². The molecule has 8 rings (SSSR count). The number of rotatable bonds is 10. The Morgan fingerprint density at radius 3 is 2.59 bits per heavy atom. The van der Waals surface area contributed by atoms with E-state index in [2.05, 4.69) is 70.5 Å². The van der Waals surface area contributed by atoms with Gasteiger partial charge in [0.15, 0.2) is 5.65 Å². The number of pyridine rings is 1.